The summed E-state index contributed by atoms with van der Waals surface area (Å²) in [4.78, 5) is 12.3. The molecule has 0 saturated heterocycles. The minimum absolute atomic E-state index is 0.0589. The minimum atomic E-state index is -0.486. The molecule has 3 rings (SSSR count). The average molecular weight is 464 g/mol. The number of para-hydroxylation sites is 1. The number of hydrazone groups is 1. The molecular formula is C19H16BrClN4O3. The molecule has 28 heavy (non-hydrogen) atoms. The van der Waals surface area contributed by atoms with E-state index in [9.17, 15) is 9.90 Å². The lowest BCUT2D eigenvalue weighted by atomic mass is 10.2. The summed E-state index contributed by atoms with van der Waals surface area (Å²) in [5.74, 6) is -0.226. The fourth-order valence-electron chi connectivity index (χ4n) is 2.43. The van der Waals surface area contributed by atoms with Gasteiger partial charge in [0, 0.05) is 16.8 Å². The van der Waals surface area contributed by atoms with Crippen LogP contribution in [0.25, 0.3) is 0 Å². The van der Waals surface area contributed by atoms with Crippen LogP contribution in [0.2, 0.25) is 5.02 Å². The SMILES string of the molecule is COc1cccc(C=NNC(=O)c2nn(Cc3ccc(Cl)cc3)cc2Br)c1O. The number of amides is 1. The first-order valence-corrected chi connectivity index (χ1v) is 9.32. The molecule has 0 saturated carbocycles. The van der Waals surface area contributed by atoms with Crippen LogP contribution in [-0.4, -0.2) is 34.1 Å². The second kappa shape index (κ2) is 8.90. The summed E-state index contributed by atoms with van der Waals surface area (Å²) in [5.41, 5.74) is 4.00. The molecule has 1 aromatic heterocycles. The van der Waals surface area contributed by atoms with Gasteiger partial charge in [0.25, 0.3) is 5.91 Å². The predicted molar refractivity (Wildman–Crippen MR) is 110 cm³/mol. The number of carbonyl (C=O) groups is 1. The first-order chi connectivity index (χ1) is 13.5. The van der Waals surface area contributed by atoms with Crippen LogP contribution in [0.1, 0.15) is 21.6 Å². The molecule has 1 amide bonds. The van der Waals surface area contributed by atoms with Gasteiger partial charge in [0.1, 0.15) is 0 Å². The van der Waals surface area contributed by atoms with Gasteiger partial charge in [-0.25, -0.2) is 5.43 Å². The number of hydrogen-bond acceptors (Lipinski definition) is 5. The van der Waals surface area contributed by atoms with Gasteiger partial charge in [0.2, 0.25) is 0 Å². The molecule has 0 aliphatic carbocycles. The summed E-state index contributed by atoms with van der Waals surface area (Å²) in [6.07, 6.45) is 3.04. The number of ether oxygens (including phenoxy) is 1. The van der Waals surface area contributed by atoms with Crippen molar-refractivity contribution in [1.29, 1.82) is 0 Å². The zero-order valence-corrected chi connectivity index (χ0v) is 17.1. The van der Waals surface area contributed by atoms with Crippen molar-refractivity contribution in [3.63, 3.8) is 0 Å². The maximum atomic E-state index is 12.3. The van der Waals surface area contributed by atoms with E-state index in [1.807, 2.05) is 12.1 Å². The number of rotatable bonds is 6. The van der Waals surface area contributed by atoms with Gasteiger partial charge in [-0.2, -0.15) is 10.2 Å². The molecule has 2 N–H and O–H groups in total. The molecule has 0 atom stereocenters. The van der Waals surface area contributed by atoms with E-state index >= 15 is 0 Å². The maximum Gasteiger partial charge on any atom is 0.293 e. The predicted octanol–water partition coefficient (Wildman–Crippen LogP) is 3.83. The quantitative estimate of drug-likeness (QED) is 0.430. The Morgan fingerprint density at radius 2 is 2.11 bits per heavy atom. The summed E-state index contributed by atoms with van der Waals surface area (Å²) in [7, 11) is 1.45. The van der Waals surface area contributed by atoms with Crippen molar-refractivity contribution in [2.24, 2.45) is 5.10 Å². The normalized spacial score (nSPS) is 11.0. The van der Waals surface area contributed by atoms with E-state index in [2.05, 4.69) is 31.6 Å². The first-order valence-electron chi connectivity index (χ1n) is 8.14. The lowest BCUT2D eigenvalue weighted by Crippen LogP contribution is -2.19. The van der Waals surface area contributed by atoms with E-state index < -0.39 is 5.91 Å². The van der Waals surface area contributed by atoms with Crippen molar-refractivity contribution < 1.29 is 14.6 Å². The van der Waals surface area contributed by atoms with Crippen molar-refractivity contribution in [2.75, 3.05) is 7.11 Å². The number of benzene rings is 2. The Balaban J connectivity index is 1.68. The maximum absolute atomic E-state index is 12.3. The third-order valence-corrected chi connectivity index (χ3v) is 4.64. The summed E-state index contributed by atoms with van der Waals surface area (Å²) in [6, 6.07) is 12.3. The van der Waals surface area contributed by atoms with Gasteiger partial charge < -0.3 is 9.84 Å². The standard InChI is InChI=1S/C19H16BrClN4O3/c1-28-16-4-2-3-13(18(16)26)9-22-23-19(27)17-15(20)11-25(24-17)10-12-5-7-14(21)8-6-12/h2-9,11,26H,10H2,1H3,(H,23,27). The number of phenolic OH excluding ortho intramolecular Hbond substituents is 1. The summed E-state index contributed by atoms with van der Waals surface area (Å²) in [6.45, 7) is 0.490. The van der Waals surface area contributed by atoms with Crippen molar-refractivity contribution in [2.45, 2.75) is 6.54 Å². The third-order valence-electron chi connectivity index (χ3n) is 3.81. The highest BCUT2D eigenvalue weighted by Crippen LogP contribution is 2.27. The first kappa shape index (κ1) is 19.9. The van der Waals surface area contributed by atoms with Crippen molar-refractivity contribution in [3.05, 3.63) is 75.0 Å². The third kappa shape index (κ3) is 4.71. The molecule has 0 aliphatic heterocycles. The molecule has 0 unspecified atom stereocenters. The van der Waals surface area contributed by atoms with E-state index in [4.69, 9.17) is 16.3 Å². The Labute approximate surface area is 174 Å². The molecule has 0 spiro atoms. The number of methoxy groups -OCH3 is 1. The highest BCUT2D eigenvalue weighted by molar-refractivity contribution is 9.10. The van der Waals surface area contributed by atoms with Gasteiger partial charge in [-0.3, -0.25) is 9.48 Å². The molecule has 2 aromatic carbocycles. The van der Waals surface area contributed by atoms with Gasteiger partial charge in [0.15, 0.2) is 17.2 Å². The number of carbonyl (C=O) groups excluding carboxylic acids is 1. The Morgan fingerprint density at radius 1 is 1.36 bits per heavy atom. The minimum Gasteiger partial charge on any atom is -0.504 e. The number of aromatic nitrogens is 2. The van der Waals surface area contributed by atoms with Gasteiger partial charge in [-0.15, -0.1) is 0 Å². The lowest BCUT2D eigenvalue weighted by Gasteiger charge is -2.04. The molecule has 0 bridgehead atoms. The van der Waals surface area contributed by atoms with E-state index in [0.717, 1.165) is 5.56 Å². The molecular weight excluding hydrogens is 448 g/mol. The molecule has 7 nitrogen and oxygen atoms in total. The smallest absolute Gasteiger partial charge is 0.293 e. The van der Waals surface area contributed by atoms with E-state index in [-0.39, 0.29) is 11.4 Å². The van der Waals surface area contributed by atoms with Gasteiger partial charge in [-0.1, -0.05) is 29.8 Å². The number of nitrogens with zero attached hydrogens (tertiary/aromatic N) is 3. The number of phenols is 1. The van der Waals surface area contributed by atoms with Crippen molar-refractivity contribution in [3.8, 4) is 11.5 Å². The second-order valence-electron chi connectivity index (χ2n) is 5.75. The monoisotopic (exact) mass is 462 g/mol. The number of halogens is 2. The molecule has 0 radical (unpaired) electrons. The molecule has 1 heterocycles. The van der Waals surface area contributed by atoms with Crippen LogP contribution in [0.3, 0.4) is 0 Å². The number of nitrogens with one attached hydrogen (secondary N) is 1. The van der Waals surface area contributed by atoms with Crippen LogP contribution in [0, 0.1) is 0 Å². The Hall–Kier alpha value is -2.84. The van der Waals surface area contributed by atoms with Crippen LogP contribution in [0.15, 0.2) is 58.2 Å². The van der Waals surface area contributed by atoms with Crippen LogP contribution < -0.4 is 10.2 Å². The molecule has 0 fully saturated rings. The fraction of sp³-hybridized carbons (Fsp3) is 0.105. The number of aromatic hydroxyl groups is 1. The average Bonchev–Trinajstić information content (AvgIpc) is 3.05. The van der Waals surface area contributed by atoms with Crippen LogP contribution in [0.5, 0.6) is 11.5 Å². The Morgan fingerprint density at radius 3 is 2.82 bits per heavy atom. The zero-order chi connectivity index (χ0) is 20.1. The van der Waals surface area contributed by atoms with Gasteiger partial charge in [-0.05, 0) is 45.8 Å². The highest BCUT2D eigenvalue weighted by Gasteiger charge is 2.15. The van der Waals surface area contributed by atoms with Gasteiger partial charge >= 0.3 is 0 Å². The highest BCUT2D eigenvalue weighted by atomic mass is 79.9. The van der Waals surface area contributed by atoms with E-state index in [1.54, 1.807) is 41.2 Å². The number of hydrogen-bond donors (Lipinski definition) is 2. The Kier molecular flexibility index (Phi) is 6.33. The fourth-order valence-corrected chi connectivity index (χ4v) is 3.05. The summed E-state index contributed by atoms with van der Waals surface area (Å²) < 4.78 is 7.21. The molecule has 0 aliphatic rings. The van der Waals surface area contributed by atoms with Crippen LogP contribution in [-0.2, 0) is 6.54 Å². The van der Waals surface area contributed by atoms with E-state index in [1.165, 1.54) is 13.3 Å². The zero-order valence-electron chi connectivity index (χ0n) is 14.8. The van der Waals surface area contributed by atoms with Crippen molar-refractivity contribution in [1.82, 2.24) is 15.2 Å². The summed E-state index contributed by atoms with van der Waals surface area (Å²) in [5, 5.41) is 18.8. The molecule has 9 heteroatoms. The second-order valence-corrected chi connectivity index (χ2v) is 7.04. The topological polar surface area (TPSA) is 88.7 Å². The lowest BCUT2D eigenvalue weighted by molar-refractivity contribution is 0.0948. The molecule has 144 valence electrons. The van der Waals surface area contributed by atoms with Crippen LogP contribution in [0.4, 0.5) is 0 Å². The van der Waals surface area contributed by atoms with Gasteiger partial charge in [0.05, 0.1) is 24.3 Å². The largest absolute Gasteiger partial charge is 0.504 e. The molecule has 3 aromatic rings. The van der Waals surface area contributed by atoms with Crippen molar-refractivity contribution >= 4 is 39.7 Å². The van der Waals surface area contributed by atoms with Crippen LogP contribution >= 0.6 is 27.5 Å². The summed E-state index contributed by atoms with van der Waals surface area (Å²) >= 11 is 9.22. The Bertz CT molecular complexity index is 1020. The van der Waals surface area contributed by atoms with E-state index in [0.29, 0.717) is 27.4 Å².